The van der Waals surface area contributed by atoms with E-state index in [-0.39, 0.29) is 17.2 Å². The Kier molecular flexibility index (Phi) is 4.43. The fourth-order valence-electron chi connectivity index (χ4n) is 2.15. The van der Waals surface area contributed by atoms with Gasteiger partial charge in [-0.15, -0.1) is 0 Å². The number of benzene rings is 1. The van der Waals surface area contributed by atoms with E-state index in [2.05, 4.69) is 25.5 Å². The van der Waals surface area contributed by atoms with E-state index in [1.807, 2.05) is 0 Å². The van der Waals surface area contributed by atoms with Gasteiger partial charge in [-0.25, -0.2) is 10.1 Å². The molecule has 0 aliphatic rings. The van der Waals surface area contributed by atoms with E-state index >= 15 is 0 Å². The van der Waals surface area contributed by atoms with Crippen LogP contribution in [0.2, 0.25) is 0 Å². The lowest BCUT2D eigenvalue weighted by molar-refractivity contribution is -0.385. The number of aromatic nitrogens is 2. The molecular formula is C15H12N6O5. The summed E-state index contributed by atoms with van der Waals surface area (Å²) in [6.07, 6.45) is 1.28. The lowest BCUT2D eigenvalue weighted by atomic mass is 10.1. The third kappa shape index (κ3) is 3.40. The molecule has 1 aromatic carbocycles. The van der Waals surface area contributed by atoms with Crippen LogP contribution in [0.5, 0.6) is 0 Å². The second-order valence-electron chi connectivity index (χ2n) is 5.16. The molecule has 0 fully saturated rings. The molecule has 2 heterocycles. The first-order valence-corrected chi connectivity index (χ1v) is 7.22. The number of carbonyl (C=O) groups excluding carboxylic acids is 1. The number of amides is 1. The second kappa shape index (κ2) is 6.84. The molecule has 3 rings (SSSR count). The summed E-state index contributed by atoms with van der Waals surface area (Å²) in [5.74, 6) is 0.0348. The molecule has 0 aliphatic heterocycles. The topological polar surface area (TPSA) is 163 Å². The molecule has 3 N–H and O–H groups in total. The second-order valence-corrected chi connectivity index (χ2v) is 5.16. The van der Waals surface area contributed by atoms with Crippen molar-refractivity contribution < 1.29 is 18.8 Å². The van der Waals surface area contributed by atoms with Gasteiger partial charge in [0.1, 0.15) is 11.5 Å². The standard InChI is InChI=1S/C15H12N6O5/c1-8-6-9(2-4-11(8)21(23)24)12-5-3-10(25-12)7-17-18-15(22)13-14(16)20-26-19-13/h2-7H,1H3,(H2,16,20)(H,18,22)/b17-7-. The van der Waals surface area contributed by atoms with Gasteiger partial charge in [0.05, 0.1) is 11.1 Å². The molecule has 26 heavy (non-hydrogen) atoms. The largest absolute Gasteiger partial charge is 0.455 e. The zero-order valence-electron chi connectivity index (χ0n) is 13.4. The minimum atomic E-state index is -0.683. The maximum Gasteiger partial charge on any atom is 0.297 e. The number of hydrazone groups is 1. The van der Waals surface area contributed by atoms with E-state index in [0.29, 0.717) is 22.6 Å². The van der Waals surface area contributed by atoms with Crippen molar-refractivity contribution in [3.63, 3.8) is 0 Å². The number of hydrogen-bond acceptors (Lipinski definition) is 9. The third-order valence-electron chi connectivity index (χ3n) is 3.39. The van der Waals surface area contributed by atoms with Crippen LogP contribution in [-0.2, 0) is 0 Å². The van der Waals surface area contributed by atoms with Crippen molar-refractivity contribution in [2.45, 2.75) is 6.92 Å². The first-order chi connectivity index (χ1) is 12.5. The molecule has 0 aliphatic carbocycles. The Labute approximate surface area is 145 Å². The maximum atomic E-state index is 11.7. The fraction of sp³-hybridized carbons (Fsp3) is 0.0667. The molecule has 11 nitrogen and oxygen atoms in total. The molecule has 0 radical (unpaired) electrons. The van der Waals surface area contributed by atoms with Gasteiger partial charge in [-0.1, -0.05) is 0 Å². The van der Waals surface area contributed by atoms with Crippen LogP contribution in [0.15, 0.2) is 44.5 Å². The summed E-state index contributed by atoms with van der Waals surface area (Å²) in [4.78, 5) is 22.1. The van der Waals surface area contributed by atoms with E-state index in [4.69, 9.17) is 10.2 Å². The minimum Gasteiger partial charge on any atom is -0.455 e. The van der Waals surface area contributed by atoms with Crippen LogP contribution in [-0.4, -0.2) is 27.4 Å². The Balaban J connectivity index is 1.70. The van der Waals surface area contributed by atoms with Crippen LogP contribution in [0.4, 0.5) is 11.5 Å². The zero-order valence-corrected chi connectivity index (χ0v) is 13.4. The molecule has 0 spiro atoms. The highest BCUT2D eigenvalue weighted by Gasteiger charge is 2.15. The van der Waals surface area contributed by atoms with Crippen molar-refractivity contribution in [2.75, 3.05) is 5.73 Å². The molecule has 0 saturated heterocycles. The van der Waals surface area contributed by atoms with Gasteiger partial charge in [-0.2, -0.15) is 5.10 Å². The summed E-state index contributed by atoms with van der Waals surface area (Å²) in [6.45, 7) is 1.65. The molecule has 2 aromatic heterocycles. The molecule has 0 bridgehead atoms. The highest BCUT2D eigenvalue weighted by atomic mass is 16.6. The van der Waals surface area contributed by atoms with Gasteiger partial charge in [0.25, 0.3) is 11.6 Å². The number of nitrogens with one attached hydrogen (secondary N) is 1. The van der Waals surface area contributed by atoms with Gasteiger partial charge < -0.3 is 10.2 Å². The summed E-state index contributed by atoms with van der Waals surface area (Å²) in [6, 6.07) is 7.97. The quantitative estimate of drug-likeness (QED) is 0.397. The highest BCUT2D eigenvalue weighted by Crippen LogP contribution is 2.27. The number of aryl methyl sites for hydroxylation is 1. The maximum absolute atomic E-state index is 11.7. The number of furan rings is 1. The number of hydrogen-bond donors (Lipinski definition) is 2. The number of nitro benzene ring substituents is 1. The summed E-state index contributed by atoms with van der Waals surface area (Å²) in [5, 5.41) is 21.2. The summed E-state index contributed by atoms with van der Waals surface area (Å²) in [5.41, 5.74) is 8.65. The van der Waals surface area contributed by atoms with Crippen molar-refractivity contribution >= 4 is 23.6 Å². The van der Waals surface area contributed by atoms with Crippen LogP contribution in [0.3, 0.4) is 0 Å². The monoisotopic (exact) mass is 356 g/mol. The van der Waals surface area contributed by atoms with Crippen LogP contribution in [0.25, 0.3) is 11.3 Å². The molecule has 132 valence electrons. The van der Waals surface area contributed by atoms with Crippen LogP contribution in [0.1, 0.15) is 21.8 Å². The van der Waals surface area contributed by atoms with Gasteiger partial charge in [-0.05, 0) is 41.5 Å². The predicted molar refractivity (Wildman–Crippen MR) is 89.3 cm³/mol. The van der Waals surface area contributed by atoms with Gasteiger partial charge in [0.2, 0.25) is 11.5 Å². The van der Waals surface area contributed by atoms with Crippen LogP contribution < -0.4 is 11.2 Å². The first-order valence-electron chi connectivity index (χ1n) is 7.22. The Bertz CT molecular complexity index is 1010. The van der Waals surface area contributed by atoms with Crippen molar-refractivity contribution in [3.8, 4) is 11.3 Å². The fourth-order valence-corrected chi connectivity index (χ4v) is 2.15. The third-order valence-corrected chi connectivity index (χ3v) is 3.39. The molecule has 3 aromatic rings. The summed E-state index contributed by atoms with van der Waals surface area (Å²) < 4.78 is 9.90. The van der Waals surface area contributed by atoms with Crippen molar-refractivity contribution in [3.05, 3.63) is 57.5 Å². The number of nitrogens with zero attached hydrogens (tertiary/aromatic N) is 4. The Morgan fingerprint density at radius 3 is 2.81 bits per heavy atom. The molecule has 0 atom stereocenters. The number of anilines is 1. The van der Waals surface area contributed by atoms with Crippen molar-refractivity contribution in [2.24, 2.45) is 5.10 Å². The normalized spacial score (nSPS) is 11.0. The first kappa shape index (κ1) is 16.8. The van der Waals surface area contributed by atoms with Gasteiger partial charge in [0, 0.05) is 17.2 Å². The van der Waals surface area contributed by atoms with E-state index in [9.17, 15) is 14.9 Å². The number of nitrogen functional groups attached to an aromatic ring is 1. The van der Waals surface area contributed by atoms with Crippen molar-refractivity contribution in [1.82, 2.24) is 15.7 Å². The average molecular weight is 356 g/mol. The lowest BCUT2D eigenvalue weighted by Crippen LogP contribution is -2.19. The smallest absolute Gasteiger partial charge is 0.297 e. The van der Waals surface area contributed by atoms with Gasteiger partial charge in [-0.3, -0.25) is 14.9 Å². The molecule has 11 heteroatoms. The zero-order chi connectivity index (χ0) is 18.7. The number of nitro groups is 1. The molecule has 1 amide bonds. The highest BCUT2D eigenvalue weighted by molar-refractivity contribution is 5.96. The number of carbonyl (C=O) groups is 1. The summed E-state index contributed by atoms with van der Waals surface area (Å²) >= 11 is 0. The minimum absolute atomic E-state index is 0.0337. The number of rotatable bonds is 5. The summed E-state index contributed by atoms with van der Waals surface area (Å²) in [7, 11) is 0. The van der Waals surface area contributed by atoms with Gasteiger partial charge in [0.15, 0.2) is 0 Å². The molecule has 0 unspecified atom stereocenters. The molecular weight excluding hydrogens is 344 g/mol. The van der Waals surface area contributed by atoms with Crippen LogP contribution >= 0.6 is 0 Å². The number of nitrogens with two attached hydrogens (primary N) is 1. The Hall–Kier alpha value is -4.02. The SMILES string of the molecule is Cc1cc(-c2ccc(/C=N\NC(=O)c3nonc3N)o2)ccc1[N+](=O)[O-]. The van der Waals surface area contributed by atoms with E-state index in [1.165, 1.54) is 12.3 Å². The molecule has 0 saturated carbocycles. The van der Waals surface area contributed by atoms with E-state index < -0.39 is 10.8 Å². The average Bonchev–Trinajstić information content (AvgIpc) is 3.23. The Morgan fingerprint density at radius 1 is 1.35 bits per heavy atom. The lowest BCUT2D eigenvalue weighted by Gasteiger charge is -2.00. The van der Waals surface area contributed by atoms with E-state index in [1.54, 1.807) is 31.2 Å². The van der Waals surface area contributed by atoms with Gasteiger partial charge >= 0.3 is 0 Å². The Morgan fingerprint density at radius 2 is 2.15 bits per heavy atom. The van der Waals surface area contributed by atoms with Crippen molar-refractivity contribution in [1.29, 1.82) is 0 Å². The predicted octanol–water partition coefficient (Wildman–Crippen LogP) is 1.89. The van der Waals surface area contributed by atoms with Crippen LogP contribution in [0, 0.1) is 17.0 Å². The van der Waals surface area contributed by atoms with E-state index in [0.717, 1.165) is 0 Å².